The normalized spacial score (nSPS) is 17.3. The van der Waals surface area contributed by atoms with Crippen LogP contribution in [0.1, 0.15) is 24.8 Å². The van der Waals surface area contributed by atoms with Gasteiger partial charge in [0.2, 0.25) is 0 Å². The number of hydrogen-bond donors (Lipinski definition) is 2. The minimum atomic E-state index is -0.788. The van der Waals surface area contributed by atoms with Gasteiger partial charge in [-0.1, -0.05) is 12.0 Å². The lowest BCUT2D eigenvalue weighted by Gasteiger charge is -2.17. The van der Waals surface area contributed by atoms with Gasteiger partial charge in [-0.2, -0.15) is 0 Å². The molecule has 5 heteroatoms. The van der Waals surface area contributed by atoms with Gasteiger partial charge in [0, 0.05) is 30.8 Å². The van der Waals surface area contributed by atoms with Crippen LogP contribution in [0.2, 0.25) is 0 Å². The van der Waals surface area contributed by atoms with Crippen LogP contribution >= 0.6 is 0 Å². The largest absolute Gasteiger partial charge is 0.481 e. The van der Waals surface area contributed by atoms with Crippen molar-refractivity contribution in [2.75, 3.05) is 18.4 Å². The molecule has 5 nitrogen and oxygen atoms in total. The van der Waals surface area contributed by atoms with Crippen LogP contribution in [-0.2, 0) is 4.79 Å². The van der Waals surface area contributed by atoms with Crippen molar-refractivity contribution in [1.82, 2.24) is 4.90 Å². The Bertz CT molecular complexity index is 577. The zero-order valence-corrected chi connectivity index (χ0v) is 11.7. The topological polar surface area (TPSA) is 69.6 Å². The van der Waals surface area contributed by atoms with Crippen molar-refractivity contribution in [3.63, 3.8) is 0 Å². The van der Waals surface area contributed by atoms with Crippen molar-refractivity contribution in [2.45, 2.75) is 19.3 Å². The number of rotatable bonds is 4. The summed E-state index contributed by atoms with van der Waals surface area (Å²) < 4.78 is 0. The molecule has 1 unspecified atom stereocenters. The number of carboxylic acids is 1. The lowest BCUT2D eigenvalue weighted by atomic mass is 10.0. The Morgan fingerprint density at radius 1 is 1.48 bits per heavy atom. The molecule has 0 aromatic heterocycles. The molecular formula is C16H18N2O3. The lowest BCUT2D eigenvalue weighted by molar-refractivity contribution is -0.137. The van der Waals surface area contributed by atoms with Gasteiger partial charge in [-0.15, -0.1) is 6.42 Å². The smallest absolute Gasteiger partial charge is 0.321 e. The SMILES string of the molecule is C#Cc1cccc(NC(=O)N2CCC(CCC(=O)O)C2)c1. The fraction of sp³-hybridized carbons (Fsp3) is 0.375. The molecule has 0 spiro atoms. The zero-order chi connectivity index (χ0) is 15.2. The number of nitrogens with one attached hydrogen (secondary N) is 1. The third kappa shape index (κ3) is 4.25. The Hall–Kier alpha value is -2.48. The predicted molar refractivity (Wildman–Crippen MR) is 79.9 cm³/mol. The molecule has 2 N–H and O–H groups in total. The van der Waals surface area contributed by atoms with Crippen LogP contribution in [0.25, 0.3) is 0 Å². The van der Waals surface area contributed by atoms with Gasteiger partial charge in [-0.3, -0.25) is 4.79 Å². The van der Waals surface area contributed by atoms with Crippen LogP contribution in [0.4, 0.5) is 10.5 Å². The summed E-state index contributed by atoms with van der Waals surface area (Å²) in [5, 5.41) is 11.5. The maximum Gasteiger partial charge on any atom is 0.321 e. The third-order valence-corrected chi connectivity index (χ3v) is 3.62. The molecule has 1 aromatic carbocycles. The molecule has 1 aromatic rings. The summed E-state index contributed by atoms with van der Waals surface area (Å²) in [5.41, 5.74) is 1.39. The number of nitrogens with zero attached hydrogens (tertiary/aromatic N) is 1. The number of hydrogen-bond acceptors (Lipinski definition) is 2. The molecule has 2 amide bonds. The molecule has 1 aliphatic heterocycles. The first-order valence-electron chi connectivity index (χ1n) is 6.93. The Kier molecular flexibility index (Phi) is 4.83. The van der Waals surface area contributed by atoms with Gasteiger partial charge in [0.05, 0.1) is 0 Å². The summed E-state index contributed by atoms with van der Waals surface area (Å²) in [6.07, 6.45) is 6.95. The van der Waals surface area contributed by atoms with E-state index in [2.05, 4.69) is 11.2 Å². The van der Waals surface area contributed by atoms with Crippen LogP contribution in [0.5, 0.6) is 0 Å². The molecule has 110 valence electrons. The highest BCUT2D eigenvalue weighted by molar-refractivity contribution is 5.89. The van der Waals surface area contributed by atoms with Gasteiger partial charge in [0.15, 0.2) is 0 Å². The Balaban J connectivity index is 1.87. The fourth-order valence-electron chi connectivity index (χ4n) is 2.47. The number of benzene rings is 1. The van der Waals surface area contributed by atoms with Crippen molar-refractivity contribution in [3.8, 4) is 12.3 Å². The number of amides is 2. The molecule has 0 aliphatic carbocycles. The highest BCUT2D eigenvalue weighted by atomic mass is 16.4. The molecule has 0 bridgehead atoms. The standard InChI is InChI=1S/C16H18N2O3/c1-2-12-4-3-5-14(10-12)17-16(21)18-9-8-13(11-18)6-7-15(19)20/h1,3-5,10,13H,6-9,11H2,(H,17,21)(H,19,20). The summed E-state index contributed by atoms with van der Waals surface area (Å²) >= 11 is 0. The van der Waals surface area contributed by atoms with E-state index in [0.717, 1.165) is 6.42 Å². The first-order valence-corrected chi connectivity index (χ1v) is 6.93. The first-order chi connectivity index (χ1) is 10.1. The van der Waals surface area contributed by atoms with E-state index in [1.165, 1.54) is 0 Å². The molecule has 1 atom stereocenters. The average molecular weight is 286 g/mol. The second-order valence-electron chi connectivity index (χ2n) is 5.19. The van der Waals surface area contributed by atoms with Gasteiger partial charge >= 0.3 is 12.0 Å². The maximum atomic E-state index is 12.1. The van der Waals surface area contributed by atoms with Gasteiger partial charge < -0.3 is 15.3 Å². The second-order valence-corrected chi connectivity index (χ2v) is 5.19. The quantitative estimate of drug-likeness (QED) is 0.835. The number of carbonyl (C=O) groups is 2. The van der Waals surface area contributed by atoms with Crippen LogP contribution in [0.15, 0.2) is 24.3 Å². The highest BCUT2D eigenvalue weighted by Gasteiger charge is 2.26. The molecule has 1 aliphatic rings. The number of terminal acetylenes is 1. The molecule has 0 saturated carbocycles. The monoisotopic (exact) mass is 286 g/mol. The summed E-state index contributed by atoms with van der Waals surface area (Å²) in [6.45, 7) is 1.26. The third-order valence-electron chi connectivity index (χ3n) is 3.62. The molecule has 0 radical (unpaired) electrons. The molecule has 2 rings (SSSR count). The minimum Gasteiger partial charge on any atom is -0.481 e. The van der Waals surface area contributed by atoms with Crippen molar-refractivity contribution in [3.05, 3.63) is 29.8 Å². The van der Waals surface area contributed by atoms with Crippen molar-refractivity contribution in [2.24, 2.45) is 5.92 Å². The predicted octanol–water partition coefficient (Wildman–Crippen LogP) is 2.39. The molecule has 1 fully saturated rings. The number of carboxylic acid groups (broad SMARTS) is 1. The summed E-state index contributed by atoms with van der Waals surface area (Å²) in [6, 6.07) is 6.96. The number of anilines is 1. The van der Waals surface area contributed by atoms with E-state index in [4.69, 9.17) is 11.5 Å². The second kappa shape index (κ2) is 6.80. The van der Waals surface area contributed by atoms with E-state index in [1.54, 1.807) is 29.2 Å². The van der Waals surface area contributed by atoms with Crippen LogP contribution in [0.3, 0.4) is 0 Å². The fourth-order valence-corrected chi connectivity index (χ4v) is 2.47. The Morgan fingerprint density at radius 2 is 2.29 bits per heavy atom. The van der Waals surface area contributed by atoms with E-state index < -0.39 is 5.97 Å². The number of carbonyl (C=O) groups excluding carboxylic acids is 1. The van der Waals surface area contributed by atoms with Crippen LogP contribution in [-0.4, -0.2) is 35.1 Å². The summed E-state index contributed by atoms with van der Waals surface area (Å²) in [5.74, 6) is 2.00. The van der Waals surface area contributed by atoms with Crippen molar-refractivity contribution < 1.29 is 14.7 Å². The molecule has 1 saturated heterocycles. The molecule has 21 heavy (non-hydrogen) atoms. The Morgan fingerprint density at radius 3 is 3.00 bits per heavy atom. The number of urea groups is 1. The van der Waals surface area contributed by atoms with Gasteiger partial charge in [-0.25, -0.2) is 4.79 Å². The molecule has 1 heterocycles. The van der Waals surface area contributed by atoms with E-state index in [-0.39, 0.29) is 18.4 Å². The van der Waals surface area contributed by atoms with E-state index in [1.807, 2.05) is 0 Å². The van der Waals surface area contributed by atoms with E-state index in [9.17, 15) is 9.59 Å². The van der Waals surface area contributed by atoms with Gasteiger partial charge in [-0.05, 0) is 37.0 Å². The van der Waals surface area contributed by atoms with E-state index >= 15 is 0 Å². The minimum absolute atomic E-state index is 0.157. The van der Waals surface area contributed by atoms with Gasteiger partial charge in [0.25, 0.3) is 0 Å². The zero-order valence-electron chi connectivity index (χ0n) is 11.7. The number of aliphatic carboxylic acids is 1. The summed E-state index contributed by atoms with van der Waals surface area (Å²) in [4.78, 5) is 24.4. The lowest BCUT2D eigenvalue weighted by Crippen LogP contribution is -2.33. The van der Waals surface area contributed by atoms with Gasteiger partial charge in [0.1, 0.15) is 0 Å². The molecular weight excluding hydrogens is 268 g/mol. The van der Waals surface area contributed by atoms with E-state index in [0.29, 0.717) is 30.8 Å². The Labute approximate surface area is 124 Å². The van der Waals surface area contributed by atoms with Crippen molar-refractivity contribution >= 4 is 17.7 Å². The maximum absolute atomic E-state index is 12.1. The van der Waals surface area contributed by atoms with Crippen molar-refractivity contribution in [1.29, 1.82) is 0 Å². The number of likely N-dealkylation sites (tertiary alicyclic amines) is 1. The first kappa shape index (κ1) is 14.9. The van der Waals surface area contributed by atoms with Crippen LogP contribution < -0.4 is 5.32 Å². The average Bonchev–Trinajstić information content (AvgIpc) is 2.94. The highest BCUT2D eigenvalue weighted by Crippen LogP contribution is 2.22. The van der Waals surface area contributed by atoms with Crippen LogP contribution in [0, 0.1) is 18.3 Å². The summed E-state index contributed by atoms with van der Waals surface area (Å²) in [7, 11) is 0.